The molecule has 0 saturated carbocycles. The molecule has 0 aliphatic heterocycles. The molecule has 1 rings (SSSR count). The molecule has 1 atom stereocenters. The van der Waals surface area contributed by atoms with Crippen LogP contribution in [0.15, 0.2) is 24.3 Å². The van der Waals surface area contributed by atoms with Crippen molar-refractivity contribution in [1.82, 2.24) is 0 Å². The summed E-state index contributed by atoms with van der Waals surface area (Å²) in [6.07, 6.45) is 0.969. The number of nitro groups is 1. The van der Waals surface area contributed by atoms with E-state index in [9.17, 15) is 14.9 Å². The van der Waals surface area contributed by atoms with E-state index in [0.717, 1.165) is 6.42 Å². The Morgan fingerprint density at radius 3 is 2.71 bits per heavy atom. The van der Waals surface area contributed by atoms with Crippen molar-refractivity contribution in [3.8, 4) is 5.75 Å². The van der Waals surface area contributed by atoms with Gasteiger partial charge in [0, 0.05) is 6.07 Å². The molecule has 1 aromatic carbocycles. The Morgan fingerprint density at radius 2 is 2.10 bits per heavy atom. The number of nitro benzene ring substituents is 1. The Bertz CT molecular complexity index is 478. The average molecular weight is 296 g/mol. The van der Waals surface area contributed by atoms with Crippen LogP contribution in [0.2, 0.25) is 0 Å². The number of nitrogens with two attached hydrogens (primary N) is 1. The van der Waals surface area contributed by atoms with Crippen LogP contribution >= 0.6 is 0 Å². The molecule has 2 N–H and O–H groups in total. The highest BCUT2D eigenvalue weighted by Gasteiger charge is 2.25. The fourth-order valence-corrected chi connectivity index (χ4v) is 1.80. The van der Waals surface area contributed by atoms with Crippen molar-refractivity contribution in [3.05, 3.63) is 34.4 Å². The van der Waals surface area contributed by atoms with Gasteiger partial charge in [0.2, 0.25) is 0 Å². The summed E-state index contributed by atoms with van der Waals surface area (Å²) in [6, 6.07) is 5.95. The lowest BCUT2D eigenvalue weighted by atomic mass is 10.1. The number of hydrogen-bond donors (Lipinski definition) is 1. The lowest BCUT2D eigenvalue weighted by Crippen LogP contribution is -2.30. The summed E-state index contributed by atoms with van der Waals surface area (Å²) in [5, 5.41) is 11.0. The molecule has 0 aliphatic rings. The maximum Gasteiger partial charge on any atom is 0.347 e. The Kier molecular flexibility index (Phi) is 7.17. The van der Waals surface area contributed by atoms with Crippen molar-refractivity contribution in [2.75, 3.05) is 13.2 Å². The molecule has 0 spiro atoms. The van der Waals surface area contributed by atoms with Crippen LogP contribution in [0, 0.1) is 10.1 Å². The number of carbonyl (C=O) groups excluding carboxylic acids is 1. The number of carbonyl (C=O) groups is 1. The van der Waals surface area contributed by atoms with Crippen LogP contribution in [-0.4, -0.2) is 30.1 Å². The number of nitrogens with zero attached hydrogens (tertiary/aromatic N) is 1. The predicted octanol–water partition coefficient (Wildman–Crippen LogP) is 2.03. The molecule has 0 heterocycles. The van der Waals surface area contributed by atoms with Crippen molar-refractivity contribution in [2.45, 2.75) is 32.3 Å². The van der Waals surface area contributed by atoms with Crippen molar-refractivity contribution in [2.24, 2.45) is 5.73 Å². The first-order valence-electron chi connectivity index (χ1n) is 6.87. The molecule has 0 aromatic heterocycles. The molecule has 21 heavy (non-hydrogen) atoms. The van der Waals surface area contributed by atoms with E-state index in [-0.39, 0.29) is 18.0 Å². The molecule has 0 bridgehead atoms. The van der Waals surface area contributed by atoms with E-state index in [2.05, 4.69) is 0 Å². The monoisotopic (exact) mass is 296 g/mol. The standard InChI is InChI=1S/C14H20N2O5/c1-2-20-14(17)13(9-5-6-10-15)21-12-8-4-3-7-11(12)16(18)19/h3-4,7-8,13H,2,5-6,9-10,15H2,1H3. The fraction of sp³-hybridized carbons (Fsp3) is 0.500. The van der Waals surface area contributed by atoms with Gasteiger partial charge in [-0.2, -0.15) is 0 Å². The van der Waals surface area contributed by atoms with Gasteiger partial charge in [-0.3, -0.25) is 10.1 Å². The van der Waals surface area contributed by atoms with Crippen molar-refractivity contribution in [3.63, 3.8) is 0 Å². The molecule has 0 amide bonds. The van der Waals surface area contributed by atoms with Gasteiger partial charge >= 0.3 is 11.7 Å². The van der Waals surface area contributed by atoms with Gasteiger partial charge in [-0.15, -0.1) is 0 Å². The van der Waals surface area contributed by atoms with Crippen molar-refractivity contribution < 1.29 is 19.2 Å². The summed E-state index contributed by atoms with van der Waals surface area (Å²) in [6.45, 7) is 2.44. The van der Waals surface area contributed by atoms with E-state index in [1.807, 2.05) is 0 Å². The van der Waals surface area contributed by atoms with E-state index < -0.39 is 17.0 Å². The Balaban J connectivity index is 2.84. The molecule has 0 radical (unpaired) electrons. The van der Waals surface area contributed by atoms with Gasteiger partial charge < -0.3 is 15.2 Å². The minimum Gasteiger partial charge on any atom is -0.472 e. The highest BCUT2D eigenvalue weighted by molar-refractivity contribution is 5.75. The maximum absolute atomic E-state index is 11.9. The number of esters is 1. The molecule has 1 aromatic rings. The average Bonchev–Trinajstić information content (AvgIpc) is 2.47. The molecule has 1 unspecified atom stereocenters. The third-order valence-electron chi connectivity index (χ3n) is 2.80. The molecule has 0 fully saturated rings. The van der Waals surface area contributed by atoms with Crippen LogP contribution < -0.4 is 10.5 Å². The first-order chi connectivity index (χ1) is 10.1. The van der Waals surface area contributed by atoms with E-state index >= 15 is 0 Å². The summed E-state index contributed by atoms with van der Waals surface area (Å²) in [5.74, 6) is -0.457. The number of ether oxygens (including phenoxy) is 2. The van der Waals surface area contributed by atoms with Gasteiger partial charge in [0.15, 0.2) is 11.9 Å². The van der Waals surface area contributed by atoms with Gasteiger partial charge in [0.1, 0.15) is 0 Å². The minimum atomic E-state index is -0.863. The lowest BCUT2D eigenvalue weighted by molar-refractivity contribution is -0.386. The van der Waals surface area contributed by atoms with Gasteiger partial charge in [-0.05, 0) is 38.8 Å². The summed E-state index contributed by atoms with van der Waals surface area (Å²) in [4.78, 5) is 22.3. The van der Waals surface area contributed by atoms with E-state index in [4.69, 9.17) is 15.2 Å². The third-order valence-corrected chi connectivity index (χ3v) is 2.80. The second-order valence-corrected chi connectivity index (χ2v) is 4.37. The van der Waals surface area contributed by atoms with Gasteiger partial charge in [-0.1, -0.05) is 12.1 Å². The van der Waals surface area contributed by atoms with E-state index in [0.29, 0.717) is 19.4 Å². The quantitative estimate of drug-likeness (QED) is 0.323. The minimum absolute atomic E-state index is 0.0632. The smallest absolute Gasteiger partial charge is 0.347 e. The maximum atomic E-state index is 11.9. The zero-order chi connectivity index (χ0) is 15.7. The van der Waals surface area contributed by atoms with Crippen LogP contribution in [0.5, 0.6) is 5.75 Å². The molecular formula is C14H20N2O5. The van der Waals surface area contributed by atoms with Crippen LogP contribution in [0.3, 0.4) is 0 Å². The third kappa shape index (κ3) is 5.39. The Morgan fingerprint density at radius 1 is 1.38 bits per heavy atom. The molecule has 0 saturated heterocycles. The summed E-state index contributed by atoms with van der Waals surface area (Å²) < 4.78 is 10.5. The Hall–Kier alpha value is -2.15. The second-order valence-electron chi connectivity index (χ2n) is 4.37. The highest BCUT2D eigenvalue weighted by atomic mass is 16.6. The second kappa shape index (κ2) is 8.91. The largest absolute Gasteiger partial charge is 0.472 e. The first-order valence-corrected chi connectivity index (χ1v) is 6.87. The Labute approximate surface area is 123 Å². The SMILES string of the molecule is CCOC(=O)C(CCCCN)Oc1ccccc1[N+](=O)[O-]. The van der Waals surface area contributed by atoms with Crippen LogP contribution in [0.4, 0.5) is 5.69 Å². The summed E-state index contributed by atoms with van der Waals surface area (Å²) in [5.41, 5.74) is 5.24. The summed E-state index contributed by atoms with van der Waals surface area (Å²) in [7, 11) is 0. The van der Waals surface area contributed by atoms with Crippen LogP contribution in [-0.2, 0) is 9.53 Å². The van der Waals surface area contributed by atoms with E-state index in [1.165, 1.54) is 12.1 Å². The molecule has 0 aliphatic carbocycles. The van der Waals surface area contributed by atoms with Gasteiger partial charge in [0.05, 0.1) is 11.5 Å². The highest BCUT2D eigenvalue weighted by Crippen LogP contribution is 2.27. The summed E-state index contributed by atoms with van der Waals surface area (Å²) >= 11 is 0. The zero-order valence-electron chi connectivity index (χ0n) is 12.0. The number of para-hydroxylation sites is 2. The van der Waals surface area contributed by atoms with Crippen molar-refractivity contribution >= 4 is 11.7 Å². The number of unbranched alkanes of at least 4 members (excludes halogenated alkanes) is 1. The van der Waals surface area contributed by atoms with E-state index in [1.54, 1.807) is 19.1 Å². The molecule has 7 heteroatoms. The fourth-order valence-electron chi connectivity index (χ4n) is 1.80. The van der Waals surface area contributed by atoms with Gasteiger partial charge in [0.25, 0.3) is 0 Å². The molecule has 116 valence electrons. The number of hydrogen-bond acceptors (Lipinski definition) is 6. The lowest BCUT2D eigenvalue weighted by Gasteiger charge is -2.17. The zero-order valence-corrected chi connectivity index (χ0v) is 12.0. The van der Waals surface area contributed by atoms with Gasteiger partial charge in [-0.25, -0.2) is 4.79 Å². The number of rotatable bonds is 9. The molecule has 7 nitrogen and oxygen atoms in total. The predicted molar refractivity (Wildman–Crippen MR) is 77.1 cm³/mol. The van der Waals surface area contributed by atoms with Crippen LogP contribution in [0.1, 0.15) is 26.2 Å². The van der Waals surface area contributed by atoms with Crippen molar-refractivity contribution in [1.29, 1.82) is 0 Å². The van der Waals surface area contributed by atoms with Crippen LogP contribution in [0.25, 0.3) is 0 Å². The number of benzene rings is 1. The normalized spacial score (nSPS) is 11.7. The molecular weight excluding hydrogens is 276 g/mol. The topological polar surface area (TPSA) is 105 Å². The first kappa shape index (κ1) is 16.9.